The average Bonchev–Trinajstić information content (AvgIpc) is 2.38. The van der Waals surface area contributed by atoms with Crippen molar-refractivity contribution in [2.75, 3.05) is 6.61 Å². The summed E-state index contributed by atoms with van der Waals surface area (Å²) in [4.78, 5) is 0. The van der Waals surface area contributed by atoms with Crippen LogP contribution in [-0.2, 0) is 16.0 Å². The van der Waals surface area contributed by atoms with E-state index in [9.17, 15) is 13.5 Å². The number of unbranched alkanes of at least 4 members (excludes halogenated alkanes) is 2. The zero-order chi connectivity index (χ0) is 13.4. The van der Waals surface area contributed by atoms with Crippen LogP contribution in [0.2, 0.25) is 0 Å². The van der Waals surface area contributed by atoms with E-state index in [2.05, 4.69) is 4.65 Å². The first kappa shape index (κ1) is 14.6. The SMILES string of the molecule is CCCCCOc1ccc(COB=O)c(F)c1F. The summed E-state index contributed by atoms with van der Waals surface area (Å²) in [5.41, 5.74) is -0.0134. The van der Waals surface area contributed by atoms with Crippen molar-refractivity contribution in [2.24, 2.45) is 0 Å². The van der Waals surface area contributed by atoms with Crippen molar-refractivity contribution in [3.8, 4) is 5.75 Å². The van der Waals surface area contributed by atoms with E-state index in [1.165, 1.54) is 12.1 Å². The first-order valence-corrected chi connectivity index (χ1v) is 5.85. The van der Waals surface area contributed by atoms with Crippen LogP contribution in [0.1, 0.15) is 31.7 Å². The Morgan fingerprint density at radius 1 is 1.22 bits per heavy atom. The number of ether oxygens (including phenoxy) is 1. The van der Waals surface area contributed by atoms with Gasteiger partial charge in [0.1, 0.15) is 0 Å². The van der Waals surface area contributed by atoms with E-state index >= 15 is 0 Å². The molecule has 98 valence electrons. The number of hydrogen-bond acceptors (Lipinski definition) is 3. The number of benzene rings is 1. The van der Waals surface area contributed by atoms with Gasteiger partial charge in [-0.1, -0.05) is 0 Å². The summed E-state index contributed by atoms with van der Waals surface area (Å²) in [5, 5.41) is 0. The molecule has 0 aliphatic rings. The first-order chi connectivity index (χ1) is 8.70. The third-order valence-corrected chi connectivity index (χ3v) is 2.44. The predicted octanol–water partition coefficient (Wildman–Crippen LogP) is 3.02. The van der Waals surface area contributed by atoms with Crippen molar-refractivity contribution in [3.05, 3.63) is 29.3 Å². The minimum atomic E-state index is -1.04. The predicted molar refractivity (Wildman–Crippen MR) is 62.6 cm³/mol. The van der Waals surface area contributed by atoms with Gasteiger partial charge in [0.25, 0.3) is 0 Å². The van der Waals surface area contributed by atoms with Gasteiger partial charge in [-0.3, -0.25) is 0 Å². The van der Waals surface area contributed by atoms with Gasteiger partial charge in [0, 0.05) is 0 Å². The molecule has 0 aliphatic carbocycles. The molecular weight excluding hydrogens is 241 g/mol. The molecule has 0 saturated heterocycles. The molecule has 0 heterocycles. The normalized spacial score (nSPS) is 9.94. The summed E-state index contributed by atoms with van der Waals surface area (Å²) in [5.74, 6) is -2.19. The van der Waals surface area contributed by atoms with Crippen molar-refractivity contribution in [3.63, 3.8) is 0 Å². The average molecular weight is 256 g/mol. The molecule has 0 bridgehead atoms. The summed E-state index contributed by atoms with van der Waals surface area (Å²) in [7, 11) is 0.187. The third kappa shape index (κ3) is 4.09. The molecule has 0 N–H and O–H groups in total. The van der Waals surface area contributed by atoms with E-state index in [0.717, 1.165) is 19.3 Å². The maximum atomic E-state index is 13.6. The second-order valence-electron chi connectivity index (χ2n) is 3.81. The van der Waals surface area contributed by atoms with E-state index < -0.39 is 11.6 Å². The fourth-order valence-electron chi connectivity index (χ4n) is 1.45. The molecule has 0 radical (unpaired) electrons. The van der Waals surface area contributed by atoms with Gasteiger partial charge in [-0.25, -0.2) is 0 Å². The van der Waals surface area contributed by atoms with Gasteiger partial charge in [0.15, 0.2) is 0 Å². The summed E-state index contributed by atoms with van der Waals surface area (Å²) in [6.07, 6.45) is 2.81. The van der Waals surface area contributed by atoms with Crippen LogP contribution in [0, 0.1) is 11.6 Å². The van der Waals surface area contributed by atoms with E-state index in [0.29, 0.717) is 6.61 Å². The van der Waals surface area contributed by atoms with Crippen LogP contribution in [0.25, 0.3) is 0 Å². The van der Waals surface area contributed by atoms with Crippen LogP contribution in [-0.4, -0.2) is 14.0 Å². The second kappa shape index (κ2) is 7.79. The second-order valence-corrected chi connectivity index (χ2v) is 3.81. The first-order valence-electron chi connectivity index (χ1n) is 5.85. The van der Waals surface area contributed by atoms with Gasteiger partial charge in [-0.15, -0.1) is 0 Å². The van der Waals surface area contributed by atoms with Crippen LogP contribution >= 0.6 is 0 Å². The van der Waals surface area contributed by atoms with Gasteiger partial charge in [-0.05, 0) is 0 Å². The van der Waals surface area contributed by atoms with Gasteiger partial charge in [0.2, 0.25) is 0 Å². The molecule has 0 unspecified atom stereocenters. The van der Waals surface area contributed by atoms with Crippen LogP contribution in [0.3, 0.4) is 0 Å². The Morgan fingerprint density at radius 3 is 2.67 bits per heavy atom. The summed E-state index contributed by atoms with van der Waals surface area (Å²) in [6, 6.07) is 2.69. The van der Waals surface area contributed by atoms with Crippen molar-refractivity contribution < 1.29 is 22.9 Å². The van der Waals surface area contributed by atoms with E-state index in [-0.39, 0.29) is 25.3 Å². The molecule has 0 saturated carbocycles. The standard InChI is InChI=1S/C12H15BF2O3/c1-2-3-4-7-17-10-6-5-9(8-18-13-16)11(14)12(10)15/h5-6H,2-4,7-8H2,1H3. The molecule has 6 heteroatoms. The molecule has 0 amide bonds. The van der Waals surface area contributed by atoms with Crippen LogP contribution in [0.15, 0.2) is 12.1 Å². The van der Waals surface area contributed by atoms with Gasteiger partial charge < -0.3 is 0 Å². The number of rotatable bonds is 8. The number of halogens is 2. The van der Waals surface area contributed by atoms with Crippen LogP contribution in [0.4, 0.5) is 8.78 Å². The molecule has 3 nitrogen and oxygen atoms in total. The van der Waals surface area contributed by atoms with Crippen molar-refractivity contribution in [1.29, 1.82) is 0 Å². The van der Waals surface area contributed by atoms with Crippen molar-refractivity contribution in [1.82, 2.24) is 0 Å². The summed E-state index contributed by atoms with van der Waals surface area (Å²) < 4.78 is 46.6. The van der Waals surface area contributed by atoms with Gasteiger partial charge in [-0.2, -0.15) is 0 Å². The molecule has 0 atom stereocenters. The topological polar surface area (TPSA) is 35.5 Å². The molecule has 0 fully saturated rings. The Labute approximate surface area is 105 Å². The molecule has 1 aromatic carbocycles. The van der Waals surface area contributed by atoms with E-state index in [1.54, 1.807) is 0 Å². The fraction of sp³-hybridized carbons (Fsp3) is 0.500. The number of hydrogen-bond donors (Lipinski definition) is 0. The summed E-state index contributed by atoms with van der Waals surface area (Å²) in [6.45, 7) is 2.11. The Balaban J connectivity index is 2.65. The Hall–Kier alpha value is -1.46. The maximum absolute atomic E-state index is 13.6. The minimum absolute atomic E-state index is 0.0134. The quantitative estimate of drug-likeness (QED) is 0.529. The van der Waals surface area contributed by atoms with E-state index in [4.69, 9.17) is 4.74 Å². The van der Waals surface area contributed by atoms with Gasteiger partial charge >= 0.3 is 105 Å². The molecule has 0 aliphatic heterocycles. The molecule has 1 rings (SSSR count). The molecule has 18 heavy (non-hydrogen) atoms. The fourth-order valence-corrected chi connectivity index (χ4v) is 1.45. The monoisotopic (exact) mass is 256 g/mol. The zero-order valence-electron chi connectivity index (χ0n) is 10.2. The van der Waals surface area contributed by atoms with Crippen molar-refractivity contribution in [2.45, 2.75) is 32.8 Å². The van der Waals surface area contributed by atoms with Gasteiger partial charge in [0.05, 0.1) is 0 Å². The Morgan fingerprint density at radius 2 is 2.00 bits per heavy atom. The Bertz CT molecular complexity index is 399. The molecule has 1 aromatic rings. The Kier molecular flexibility index (Phi) is 6.32. The zero-order valence-corrected chi connectivity index (χ0v) is 10.2. The molecular formula is C12H15BF2O3. The molecule has 0 aromatic heterocycles. The van der Waals surface area contributed by atoms with Crippen molar-refractivity contribution >= 4 is 7.35 Å². The van der Waals surface area contributed by atoms with E-state index in [1.807, 2.05) is 6.92 Å². The molecule has 0 spiro atoms. The van der Waals surface area contributed by atoms with Crippen LogP contribution < -0.4 is 4.74 Å². The summed E-state index contributed by atoms with van der Waals surface area (Å²) >= 11 is 0. The third-order valence-electron chi connectivity index (χ3n) is 2.44. The van der Waals surface area contributed by atoms with Crippen LogP contribution in [0.5, 0.6) is 5.75 Å².